The number of carbonyl (C=O) groups is 1. The third kappa shape index (κ3) is 4.42. The zero-order chi connectivity index (χ0) is 18.6. The van der Waals surface area contributed by atoms with E-state index in [2.05, 4.69) is 0 Å². The summed E-state index contributed by atoms with van der Waals surface area (Å²) in [5.74, 6) is -0.499. The summed E-state index contributed by atoms with van der Waals surface area (Å²) >= 11 is 0. The van der Waals surface area contributed by atoms with Gasteiger partial charge in [-0.15, -0.1) is 0 Å². The lowest BCUT2D eigenvalue weighted by molar-refractivity contribution is -0.170. The Labute approximate surface area is 153 Å². The van der Waals surface area contributed by atoms with Gasteiger partial charge in [-0.3, -0.25) is 0 Å². The molecule has 3 rings (SSSR count). The third-order valence-corrected chi connectivity index (χ3v) is 4.07. The highest BCUT2D eigenvalue weighted by Crippen LogP contribution is 2.39. The highest BCUT2D eigenvalue weighted by Gasteiger charge is 2.46. The number of carbonyl (C=O) groups excluding carboxylic acids is 1. The summed E-state index contributed by atoms with van der Waals surface area (Å²) in [6.45, 7) is 6.15. The summed E-state index contributed by atoms with van der Waals surface area (Å²) in [6.07, 6.45) is -1.28. The van der Waals surface area contributed by atoms with Crippen LogP contribution in [0.4, 0.5) is 0 Å². The summed E-state index contributed by atoms with van der Waals surface area (Å²) in [6, 6.07) is 17.5. The van der Waals surface area contributed by atoms with E-state index >= 15 is 0 Å². The molecule has 0 bridgehead atoms. The zero-order valence-corrected chi connectivity index (χ0v) is 15.3. The van der Waals surface area contributed by atoms with Crippen LogP contribution in [0.5, 0.6) is 5.75 Å². The van der Waals surface area contributed by atoms with Crippen LogP contribution in [0.1, 0.15) is 38.0 Å². The molecule has 0 aliphatic carbocycles. The van der Waals surface area contributed by atoms with Crippen molar-refractivity contribution in [3.63, 3.8) is 0 Å². The van der Waals surface area contributed by atoms with Gasteiger partial charge in [-0.2, -0.15) is 0 Å². The minimum atomic E-state index is -0.843. The van der Waals surface area contributed by atoms with Gasteiger partial charge in [0, 0.05) is 0 Å². The van der Waals surface area contributed by atoms with Crippen LogP contribution in [0, 0.1) is 0 Å². The number of benzene rings is 2. The average molecular weight is 356 g/mol. The largest absolute Gasteiger partial charge is 0.489 e. The number of hydrogen-bond acceptors (Lipinski definition) is 5. The van der Waals surface area contributed by atoms with Gasteiger partial charge in [-0.05, 0) is 44.0 Å². The molecule has 2 aromatic rings. The van der Waals surface area contributed by atoms with Crippen molar-refractivity contribution >= 4 is 5.97 Å². The van der Waals surface area contributed by atoms with Gasteiger partial charge in [0.1, 0.15) is 18.5 Å². The molecular weight excluding hydrogens is 332 g/mol. The molecule has 0 spiro atoms. The van der Waals surface area contributed by atoms with Gasteiger partial charge >= 0.3 is 5.97 Å². The predicted molar refractivity (Wildman–Crippen MR) is 96.6 cm³/mol. The molecule has 1 fully saturated rings. The molecule has 0 amide bonds. The lowest BCUT2D eigenvalue weighted by atomic mass is 10.0. The summed E-state index contributed by atoms with van der Waals surface area (Å²) < 4.78 is 22.6. The van der Waals surface area contributed by atoms with Crippen LogP contribution in [0.15, 0.2) is 54.6 Å². The van der Waals surface area contributed by atoms with E-state index in [4.69, 9.17) is 18.9 Å². The molecular formula is C21H24O5. The van der Waals surface area contributed by atoms with E-state index in [1.165, 1.54) is 0 Å². The van der Waals surface area contributed by atoms with E-state index in [1.807, 2.05) is 54.6 Å². The fourth-order valence-electron chi connectivity index (χ4n) is 2.90. The molecule has 0 saturated carbocycles. The lowest BCUT2D eigenvalue weighted by Crippen LogP contribution is -2.29. The molecule has 2 aromatic carbocycles. The first-order valence-electron chi connectivity index (χ1n) is 8.77. The number of ether oxygens (including phenoxy) is 4. The number of hydrogen-bond donors (Lipinski definition) is 0. The number of rotatable bonds is 6. The second-order valence-corrected chi connectivity index (χ2v) is 6.57. The summed E-state index contributed by atoms with van der Waals surface area (Å²) in [5.41, 5.74) is 1.95. The van der Waals surface area contributed by atoms with Crippen LogP contribution in [-0.2, 0) is 25.6 Å². The molecule has 5 heteroatoms. The van der Waals surface area contributed by atoms with E-state index in [0.29, 0.717) is 13.2 Å². The minimum absolute atomic E-state index is 0.304. The Morgan fingerprint density at radius 2 is 1.73 bits per heavy atom. The molecule has 1 saturated heterocycles. The highest BCUT2D eigenvalue weighted by atomic mass is 16.8. The Bertz CT molecular complexity index is 724. The normalized spacial score (nSPS) is 21.3. The fourth-order valence-corrected chi connectivity index (χ4v) is 2.90. The molecule has 1 aliphatic heterocycles. The van der Waals surface area contributed by atoms with E-state index in [1.54, 1.807) is 20.8 Å². The Morgan fingerprint density at radius 3 is 2.38 bits per heavy atom. The average Bonchev–Trinajstić information content (AvgIpc) is 2.97. The van der Waals surface area contributed by atoms with Crippen LogP contribution in [0.3, 0.4) is 0 Å². The minimum Gasteiger partial charge on any atom is -0.489 e. The molecule has 26 heavy (non-hydrogen) atoms. The van der Waals surface area contributed by atoms with Gasteiger partial charge in [0.2, 0.25) is 0 Å². The van der Waals surface area contributed by atoms with E-state index in [-0.39, 0.29) is 0 Å². The molecule has 0 aromatic heterocycles. The predicted octanol–water partition coefficient (Wildman–Crippen LogP) is 4.02. The van der Waals surface area contributed by atoms with Crippen LogP contribution in [0.2, 0.25) is 0 Å². The molecule has 1 aliphatic rings. The van der Waals surface area contributed by atoms with Crippen molar-refractivity contribution in [2.75, 3.05) is 6.61 Å². The van der Waals surface area contributed by atoms with Crippen molar-refractivity contribution in [2.24, 2.45) is 0 Å². The van der Waals surface area contributed by atoms with Crippen molar-refractivity contribution in [1.29, 1.82) is 0 Å². The summed E-state index contributed by atoms with van der Waals surface area (Å²) in [5, 5.41) is 0. The monoisotopic (exact) mass is 356 g/mol. The van der Waals surface area contributed by atoms with Gasteiger partial charge in [-0.1, -0.05) is 42.5 Å². The molecule has 138 valence electrons. The smallest absolute Gasteiger partial charge is 0.338 e. The van der Waals surface area contributed by atoms with E-state index in [9.17, 15) is 4.79 Å². The summed E-state index contributed by atoms with van der Waals surface area (Å²) in [4.78, 5) is 12.2. The maximum Gasteiger partial charge on any atom is 0.338 e. The Kier molecular flexibility index (Phi) is 5.59. The van der Waals surface area contributed by atoms with Gasteiger partial charge in [0.25, 0.3) is 0 Å². The van der Waals surface area contributed by atoms with Gasteiger partial charge in [-0.25, -0.2) is 4.79 Å². The second-order valence-electron chi connectivity index (χ2n) is 6.57. The second kappa shape index (κ2) is 7.89. The highest BCUT2D eigenvalue weighted by molar-refractivity contribution is 5.76. The topological polar surface area (TPSA) is 54.0 Å². The van der Waals surface area contributed by atoms with Crippen molar-refractivity contribution in [2.45, 2.75) is 45.4 Å². The first-order valence-corrected chi connectivity index (χ1v) is 8.77. The SMILES string of the molecule is CCOC(=O)[C@H]1OC(C)(C)OC1c1ccc(OCc2ccccc2)cc1. The standard InChI is InChI=1S/C21H24O5/c1-4-23-20(22)19-18(25-21(2,3)26-19)16-10-12-17(13-11-16)24-14-15-8-6-5-7-9-15/h5-13,18-19H,4,14H2,1-3H3/t18?,19-/m0/s1. The number of esters is 1. The van der Waals surface area contributed by atoms with E-state index < -0.39 is 24.0 Å². The van der Waals surface area contributed by atoms with Crippen LogP contribution in [0.25, 0.3) is 0 Å². The zero-order valence-electron chi connectivity index (χ0n) is 15.3. The lowest BCUT2D eigenvalue weighted by Gasteiger charge is -2.17. The Morgan fingerprint density at radius 1 is 1.04 bits per heavy atom. The van der Waals surface area contributed by atoms with E-state index in [0.717, 1.165) is 16.9 Å². The van der Waals surface area contributed by atoms with Crippen LogP contribution in [-0.4, -0.2) is 24.5 Å². The van der Waals surface area contributed by atoms with Gasteiger partial charge in [0.15, 0.2) is 11.9 Å². The maximum atomic E-state index is 12.2. The quantitative estimate of drug-likeness (QED) is 0.732. The maximum absolute atomic E-state index is 12.2. The van der Waals surface area contributed by atoms with Crippen molar-refractivity contribution < 1.29 is 23.7 Å². The van der Waals surface area contributed by atoms with Crippen LogP contribution < -0.4 is 4.74 Å². The Balaban J connectivity index is 1.69. The molecule has 1 heterocycles. The van der Waals surface area contributed by atoms with Crippen molar-refractivity contribution in [1.82, 2.24) is 0 Å². The molecule has 1 unspecified atom stereocenters. The Hall–Kier alpha value is -2.37. The van der Waals surface area contributed by atoms with Gasteiger partial charge in [0.05, 0.1) is 6.61 Å². The third-order valence-electron chi connectivity index (χ3n) is 4.07. The first kappa shape index (κ1) is 18.4. The van der Waals surface area contributed by atoms with Gasteiger partial charge < -0.3 is 18.9 Å². The summed E-state index contributed by atoms with van der Waals surface area (Å²) in [7, 11) is 0. The molecule has 0 radical (unpaired) electrons. The van der Waals surface area contributed by atoms with Crippen LogP contribution >= 0.6 is 0 Å². The van der Waals surface area contributed by atoms with Crippen molar-refractivity contribution in [3.8, 4) is 5.75 Å². The fraction of sp³-hybridized carbons (Fsp3) is 0.381. The first-order chi connectivity index (χ1) is 12.5. The molecule has 0 N–H and O–H groups in total. The van der Waals surface area contributed by atoms with Crippen molar-refractivity contribution in [3.05, 3.63) is 65.7 Å². The molecule has 5 nitrogen and oxygen atoms in total. The molecule has 2 atom stereocenters.